The molecule has 1 aliphatic rings. The number of aryl methyl sites for hydroxylation is 3. The molecule has 1 fully saturated rings. The lowest BCUT2D eigenvalue weighted by Gasteiger charge is -2.41. The number of amides is 2. The van der Waals surface area contributed by atoms with E-state index in [4.69, 9.17) is 0 Å². The maximum Gasteiger partial charge on any atom is 0.258 e. The Bertz CT molecular complexity index is 842. The third-order valence-electron chi connectivity index (χ3n) is 5.15. The van der Waals surface area contributed by atoms with Crippen molar-refractivity contribution in [1.29, 1.82) is 0 Å². The van der Waals surface area contributed by atoms with E-state index in [1.54, 1.807) is 22.8 Å². The number of carbonyl (C=O) groups excluding carboxylic acids is 2. The Morgan fingerprint density at radius 3 is 2.70 bits per heavy atom. The molecule has 2 aromatic rings. The van der Waals surface area contributed by atoms with Crippen LogP contribution in [-0.4, -0.2) is 45.6 Å². The van der Waals surface area contributed by atoms with E-state index in [0.717, 1.165) is 30.5 Å². The Labute approximate surface area is 160 Å². The number of hydrogen-bond donors (Lipinski definition) is 0. The Morgan fingerprint density at radius 2 is 2.07 bits per heavy atom. The predicted molar refractivity (Wildman–Crippen MR) is 106 cm³/mol. The standard InChI is InChI=1S/C21H28N4O2/c1-5-6-9-18-12-24(17-10-7-8-15(2)11-17)20(26)14-25(18)21(27)19-13-23(4)22-16(19)3/h7-8,10-11,13,18H,5-6,9,12,14H2,1-4H3/t18-/m0/s1. The van der Waals surface area contributed by atoms with Gasteiger partial charge in [-0.25, -0.2) is 0 Å². The molecule has 0 aliphatic carbocycles. The lowest BCUT2D eigenvalue weighted by molar-refractivity contribution is -0.121. The Hall–Kier alpha value is -2.63. The minimum Gasteiger partial charge on any atom is -0.324 e. The molecule has 2 amide bonds. The zero-order valence-corrected chi connectivity index (χ0v) is 16.6. The van der Waals surface area contributed by atoms with Crippen LogP contribution in [-0.2, 0) is 11.8 Å². The van der Waals surface area contributed by atoms with E-state index >= 15 is 0 Å². The molecule has 27 heavy (non-hydrogen) atoms. The molecule has 1 aliphatic heterocycles. The van der Waals surface area contributed by atoms with Crippen molar-refractivity contribution in [1.82, 2.24) is 14.7 Å². The van der Waals surface area contributed by atoms with Crippen molar-refractivity contribution in [3.05, 3.63) is 47.3 Å². The van der Waals surface area contributed by atoms with Gasteiger partial charge in [-0.05, 0) is 38.0 Å². The van der Waals surface area contributed by atoms with Crippen LogP contribution < -0.4 is 4.90 Å². The number of benzene rings is 1. The molecule has 1 atom stereocenters. The van der Waals surface area contributed by atoms with Crippen molar-refractivity contribution in [3.8, 4) is 0 Å². The van der Waals surface area contributed by atoms with Crippen molar-refractivity contribution >= 4 is 17.5 Å². The molecule has 0 saturated carbocycles. The van der Waals surface area contributed by atoms with Crippen LogP contribution in [0, 0.1) is 13.8 Å². The van der Waals surface area contributed by atoms with E-state index in [1.807, 2.05) is 43.0 Å². The molecule has 0 radical (unpaired) electrons. The Kier molecular flexibility index (Phi) is 5.63. The van der Waals surface area contributed by atoms with Crippen molar-refractivity contribution in [3.63, 3.8) is 0 Å². The summed E-state index contributed by atoms with van der Waals surface area (Å²) in [4.78, 5) is 29.6. The molecule has 1 aromatic carbocycles. The van der Waals surface area contributed by atoms with E-state index < -0.39 is 0 Å². The summed E-state index contributed by atoms with van der Waals surface area (Å²) in [7, 11) is 1.80. The topological polar surface area (TPSA) is 58.4 Å². The Morgan fingerprint density at radius 1 is 1.30 bits per heavy atom. The summed E-state index contributed by atoms with van der Waals surface area (Å²) in [6, 6.07) is 7.99. The van der Waals surface area contributed by atoms with Crippen LogP contribution in [0.2, 0.25) is 0 Å². The van der Waals surface area contributed by atoms with Gasteiger partial charge in [0.2, 0.25) is 5.91 Å². The zero-order chi connectivity index (χ0) is 19.6. The first-order valence-electron chi connectivity index (χ1n) is 9.59. The van der Waals surface area contributed by atoms with Gasteiger partial charge in [-0.1, -0.05) is 31.9 Å². The molecule has 0 unspecified atom stereocenters. The number of hydrogen-bond acceptors (Lipinski definition) is 3. The molecule has 1 saturated heterocycles. The molecular weight excluding hydrogens is 340 g/mol. The van der Waals surface area contributed by atoms with Crippen molar-refractivity contribution < 1.29 is 9.59 Å². The van der Waals surface area contributed by atoms with Gasteiger partial charge in [0.05, 0.1) is 17.3 Å². The summed E-state index contributed by atoms with van der Waals surface area (Å²) in [6.07, 6.45) is 4.71. The lowest BCUT2D eigenvalue weighted by atomic mass is 10.0. The predicted octanol–water partition coefficient (Wildman–Crippen LogP) is 3.08. The fourth-order valence-corrected chi connectivity index (χ4v) is 3.71. The zero-order valence-electron chi connectivity index (χ0n) is 16.6. The van der Waals surface area contributed by atoms with E-state index in [0.29, 0.717) is 17.8 Å². The number of piperazine rings is 1. The molecule has 0 spiro atoms. The summed E-state index contributed by atoms with van der Waals surface area (Å²) in [5.41, 5.74) is 3.31. The van der Waals surface area contributed by atoms with Gasteiger partial charge in [-0.3, -0.25) is 14.3 Å². The highest BCUT2D eigenvalue weighted by Gasteiger charge is 2.36. The molecule has 0 bridgehead atoms. The highest BCUT2D eigenvalue weighted by atomic mass is 16.2. The van der Waals surface area contributed by atoms with Gasteiger partial charge in [-0.2, -0.15) is 5.10 Å². The van der Waals surface area contributed by atoms with Gasteiger partial charge in [0, 0.05) is 25.5 Å². The van der Waals surface area contributed by atoms with Gasteiger partial charge in [0.15, 0.2) is 0 Å². The van der Waals surface area contributed by atoms with E-state index in [2.05, 4.69) is 12.0 Å². The van der Waals surface area contributed by atoms with Crippen molar-refractivity contribution in [2.45, 2.75) is 46.1 Å². The fourth-order valence-electron chi connectivity index (χ4n) is 3.71. The average Bonchev–Trinajstić information content (AvgIpc) is 2.98. The fraction of sp³-hybridized carbons (Fsp3) is 0.476. The molecule has 6 heteroatoms. The second-order valence-electron chi connectivity index (χ2n) is 7.37. The highest BCUT2D eigenvalue weighted by Crippen LogP contribution is 2.25. The molecule has 3 rings (SSSR count). The second kappa shape index (κ2) is 7.94. The third-order valence-corrected chi connectivity index (χ3v) is 5.15. The monoisotopic (exact) mass is 368 g/mol. The molecular formula is C21H28N4O2. The molecule has 6 nitrogen and oxygen atoms in total. The van der Waals surface area contributed by atoms with Crippen LogP contribution in [0.25, 0.3) is 0 Å². The highest BCUT2D eigenvalue weighted by molar-refractivity contribution is 6.02. The largest absolute Gasteiger partial charge is 0.324 e. The summed E-state index contributed by atoms with van der Waals surface area (Å²) < 4.78 is 1.65. The SMILES string of the molecule is CCCC[C@H]1CN(c2cccc(C)c2)C(=O)CN1C(=O)c1cn(C)nc1C. The van der Waals surface area contributed by atoms with Crippen LogP contribution >= 0.6 is 0 Å². The molecule has 2 heterocycles. The lowest BCUT2D eigenvalue weighted by Crippen LogP contribution is -2.58. The quantitative estimate of drug-likeness (QED) is 0.815. The summed E-state index contributed by atoms with van der Waals surface area (Å²) in [6.45, 7) is 6.64. The van der Waals surface area contributed by atoms with Crippen molar-refractivity contribution in [2.75, 3.05) is 18.0 Å². The minimum atomic E-state index is -0.0982. The minimum absolute atomic E-state index is 0.00951. The second-order valence-corrected chi connectivity index (χ2v) is 7.37. The molecule has 144 valence electrons. The first kappa shape index (κ1) is 19.1. The number of nitrogens with zero attached hydrogens (tertiary/aromatic N) is 4. The van der Waals surface area contributed by atoms with Crippen LogP contribution in [0.15, 0.2) is 30.5 Å². The maximum atomic E-state index is 13.2. The normalized spacial score (nSPS) is 17.5. The maximum absolute atomic E-state index is 13.2. The first-order valence-corrected chi connectivity index (χ1v) is 9.59. The molecule has 1 aromatic heterocycles. The first-order chi connectivity index (χ1) is 12.9. The van der Waals surface area contributed by atoms with Crippen LogP contribution in [0.4, 0.5) is 5.69 Å². The number of anilines is 1. The summed E-state index contributed by atoms with van der Waals surface area (Å²) in [5, 5.41) is 4.28. The smallest absolute Gasteiger partial charge is 0.258 e. The van der Waals surface area contributed by atoms with Gasteiger partial charge in [0.1, 0.15) is 6.54 Å². The van der Waals surface area contributed by atoms with E-state index in [-0.39, 0.29) is 24.4 Å². The number of rotatable bonds is 5. The number of unbranched alkanes of at least 4 members (excludes halogenated alkanes) is 1. The summed E-state index contributed by atoms with van der Waals surface area (Å²) >= 11 is 0. The Balaban J connectivity index is 1.87. The number of aromatic nitrogens is 2. The van der Waals surface area contributed by atoms with E-state index in [1.165, 1.54) is 0 Å². The van der Waals surface area contributed by atoms with Gasteiger partial charge < -0.3 is 9.80 Å². The van der Waals surface area contributed by atoms with Crippen LogP contribution in [0.3, 0.4) is 0 Å². The van der Waals surface area contributed by atoms with Crippen molar-refractivity contribution in [2.24, 2.45) is 7.05 Å². The van der Waals surface area contributed by atoms with E-state index in [9.17, 15) is 9.59 Å². The van der Waals surface area contributed by atoms with Gasteiger partial charge in [0.25, 0.3) is 5.91 Å². The summed E-state index contributed by atoms with van der Waals surface area (Å²) in [5.74, 6) is -0.137. The molecule has 0 N–H and O–H groups in total. The van der Waals surface area contributed by atoms with Crippen LogP contribution in [0.1, 0.15) is 47.8 Å². The van der Waals surface area contributed by atoms with Gasteiger partial charge >= 0.3 is 0 Å². The number of carbonyl (C=O) groups is 2. The average molecular weight is 368 g/mol. The third kappa shape index (κ3) is 4.04. The van der Waals surface area contributed by atoms with Gasteiger partial charge in [-0.15, -0.1) is 0 Å². The van der Waals surface area contributed by atoms with Crippen LogP contribution in [0.5, 0.6) is 0 Å².